The summed E-state index contributed by atoms with van der Waals surface area (Å²) in [6.45, 7) is 8.84. The van der Waals surface area contributed by atoms with Gasteiger partial charge in [0.15, 0.2) is 0 Å². The summed E-state index contributed by atoms with van der Waals surface area (Å²) in [5.74, 6) is 0.547. The van der Waals surface area contributed by atoms with E-state index in [0.717, 1.165) is 18.4 Å². The van der Waals surface area contributed by atoms with Gasteiger partial charge in [-0.25, -0.2) is 4.79 Å². The van der Waals surface area contributed by atoms with E-state index in [1.165, 1.54) is 0 Å². The average Bonchev–Trinajstić information content (AvgIpc) is 2.37. The Balaban J connectivity index is 1.82. The molecule has 0 atom stereocenters. The van der Waals surface area contributed by atoms with Crippen LogP contribution in [-0.2, 0) is 4.74 Å². The fraction of sp³-hybridized carbons (Fsp3) is 0.667. The number of aryl methyl sites for hydroxylation is 1. The summed E-state index contributed by atoms with van der Waals surface area (Å²) in [5.41, 5.74) is 0.563. The first-order chi connectivity index (χ1) is 9.83. The molecule has 1 amide bonds. The van der Waals surface area contributed by atoms with Crippen LogP contribution in [0.25, 0.3) is 0 Å². The number of carbonyl (C=O) groups excluding carboxylic acids is 1. The van der Waals surface area contributed by atoms with Crippen molar-refractivity contribution in [1.29, 1.82) is 0 Å². The van der Waals surface area contributed by atoms with Crippen LogP contribution < -0.4 is 4.74 Å². The Morgan fingerprint density at radius 2 is 2.00 bits per heavy atom. The third kappa shape index (κ3) is 4.88. The number of piperidine rings is 1. The van der Waals surface area contributed by atoms with Gasteiger partial charge in [-0.05, 0) is 33.3 Å². The summed E-state index contributed by atoms with van der Waals surface area (Å²) in [7, 11) is 0. The lowest BCUT2D eigenvalue weighted by Crippen LogP contribution is -2.44. The topological polar surface area (TPSA) is 64.6 Å². The molecule has 6 heteroatoms. The first kappa shape index (κ1) is 15.5. The highest BCUT2D eigenvalue weighted by Gasteiger charge is 2.27. The lowest BCUT2D eigenvalue weighted by molar-refractivity contribution is 0.0122. The normalized spacial score (nSPS) is 16.7. The van der Waals surface area contributed by atoms with Crippen molar-refractivity contribution in [3.63, 3.8) is 0 Å². The molecule has 0 radical (unpaired) electrons. The Bertz CT molecular complexity index is 491. The second-order valence-electron chi connectivity index (χ2n) is 6.36. The molecule has 6 nitrogen and oxygen atoms in total. The smallest absolute Gasteiger partial charge is 0.410 e. The van der Waals surface area contributed by atoms with E-state index in [2.05, 4.69) is 10.2 Å². The Morgan fingerprint density at radius 3 is 2.57 bits per heavy atom. The zero-order valence-corrected chi connectivity index (χ0v) is 13.1. The van der Waals surface area contributed by atoms with Gasteiger partial charge in [0.05, 0.1) is 6.20 Å². The molecule has 1 fully saturated rings. The van der Waals surface area contributed by atoms with Crippen molar-refractivity contribution in [3.8, 4) is 5.88 Å². The molecule has 0 unspecified atom stereocenters. The standard InChI is InChI=1S/C15H23N3O3/c1-11-9-13(17-16-10-11)20-12-5-7-18(8-6-12)14(19)21-15(2,3)4/h9-10,12H,5-8H2,1-4H3. The van der Waals surface area contributed by atoms with E-state index in [1.807, 2.05) is 33.8 Å². The van der Waals surface area contributed by atoms with E-state index in [9.17, 15) is 4.79 Å². The van der Waals surface area contributed by atoms with E-state index >= 15 is 0 Å². The number of nitrogens with zero attached hydrogens (tertiary/aromatic N) is 3. The second-order valence-corrected chi connectivity index (χ2v) is 6.36. The number of aromatic nitrogens is 2. The van der Waals surface area contributed by atoms with Crippen LogP contribution in [-0.4, -0.2) is 46.0 Å². The zero-order chi connectivity index (χ0) is 15.5. The minimum atomic E-state index is -0.457. The molecule has 1 saturated heterocycles. The molecule has 0 bridgehead atoms. The van der Waals surface area contributed by atoms with Gasteiger partial charge in [0.25, 0.3) is 0 Å². The largest absolute Gasteiger partial charge is 0.473 e. The molecule has 0 N–H and O–H groups in total. The van der Waals surface area contributed by atoms with Gasteiger partial charge >= 0.3 is 6.09 Å². The van der Waals surface area contributed by atoms with Gasteiger partial charge in [-0.2, -0.15) is 5.10 Å². The fourth-order valence-corrected chi connectivity index (χ4v) is 2.15. The predicted octanol–water partition coefficient (Wildman–Crippen LogP) is 2.56. The summed E-state index contributed by atoms with van der Waals surface area (Å²) in [6.07, 6.45) is 3.05. The highest BCUT2D eigenvalue weighted by molar-refractivity contribution is 5.68. The van der Waals surface area contributed by atoms with E-state index in [-0.39, 0.29) is 12.2 Å². The van der Waals surface area contributed by atoms with Crippen LogP contribution in [0.1, 0.15) is 39.2 Å². The highest BCUT2D eigenvalue weighted by Crippen LogP contribution is 2.19. The van der Waals surface area contributed by atoms with Crippen LogP contribution in [0.5, 0.6) is 5.88 Å². The Labute approximate surface area is 125 Å². The van der Waals surface area contributed by atoms with E-state index in [1.54, 1.807) is 11.1 Å². The number of carbonyl (C=O) groups is 1. The maximum Gasteiger partial charge on any atom is 0.410 e. The van der Waals surface area contributed by atoms with Crippen molar-refractivity contribution < 1.29 is 14.3 Å². The van der Waals surface area contributed by atoms with Crippen LogP contribution in [0.3, 0.4) is 0 Å². The van der Waals surface area contributed by atoms with Crippen molar-refractivity contribution >= 4 is 6.09 Å². The molecule has 1 aliphatic rings. The zero-order valence-electron chi connectivity index (χ0n) is 13.1. The van der Waals surface area contributed by atoms with Crippen LogP contribution in [0.15, 0.2) is 12.3 Å². The number of amides is 1. The van der Waals surface area contributed by atoms with E-state index in [4.69, 9.17) is 9.47 Å². The first-order valence-corrected chi connectivity index (χ1v) is 7.27. The van der Waals surface area contributed by atoms with Crippen LogP contribution >= 0.6 is 0 Å². The average molecular weight is 293 g/mol. The Kier molecular flexibility index (Phi) is 4.65. The summed E-state index contributed by atoms with van der Waals surface area (Å²) in [4.78, 5) is 13.7. The minimum absolute atomic E-state index is 0.0692. The molecule has 0 saturated carbocycles. The number of ether oxygens (including phenoxy) is 2. The Hall–Kier alpha value is -1.85. The van der Waals surface area contributed by atoms with Gasteiger partial charge < -0.3 is 14.4 Å². The number of hydrogen-bond acceptors (Lipinski definition) is 5. The number of rotatable bonds is 2. The maximum atomic E-state index is 12.0. The minimum Gasteiger partial charge on any atom is -0.473 e. The first-order valence-electron chi connectivity index (χ1n) is 7.27. The summed E-state index contributed by atoms with van der Waals surface area (Å²) in [5, 5.41) is 7.83. The van der Waals surface area contributed by atoms with E-state index < -0.39 is 5.60 Å². The molecule has 2 heterocycles. The maximum absolute atomic E-state index is 12.0. The molecular weight excluding hydrogens is 270 g/mol. The van der Waals surface area contributed by atoms with Crippen molar-refractivity contribution in [2.24, 2.45) is 0 Å². The van der Waals surface area contributed by atoms with Crippen LogP contribution in [0, 0.1) is 6.92 Å². The third-order valence-electron chi connectivity index (χ3n) is 3.15. The highest BCUT2D eigenvalue weighted by atomic mass is 16.6. The van der Waals surface area contributed by atoms with Crippen molar-refractivity contribution in [2.75, 3.05) is 13.1 Å². The molecule has 1 aliphatic heterocycles. The van der Waals surface area contributed by atoms with Gasteiger partial charge in [0, 0.05) is 32.0 Å². The van der Waals surface area contributed by atoms with Crippen molar-refractivity contribution in [1.82, 2.24) is 15.1 Å². The van der Waals surface area contributed by atoms with Gasteiger partial charge in [-0.15, -0.1) is 5.10 Å². The van der Waals surface area contributed by atoms with Crippen molar-refractivity contribution in [2.45, 2.75) is 52.2 Å². The lowest BCUT2D eigenvalue weighted by atomic mass is 10.1. The predicted molar refractivity (Wildman–Crippen MR) is 78.2 cm³/mol. The quantitative estimate of drug-likeness (QED) is 0.838. The monoisotopic (exact) mass is 293 g/mol. The molecule has 0 aromatic carbocycles. The number of hydrogen-bond donors (Lipinski definition) is 0. The summed E-state index contributed by atoms with van der Waals surface area (Å²) >= 11 is 0. The van der Waals surface area contributed by atoms with Crippen molar-refractivity contribution in [3.05, 3.63) is 17.8 Å². The fourth-order valence-electron chi connectivity index (χ4n) is 2.15. The Morgan fingerprint density at radius 1 is 1.33 bits per heavy atom. The van der Waals surface area contributed by atoms with Gasteiger partial charge in [-0.1, -0.05) is 0 Å². The second kappa shape index (κ2) is 6.28. The molecule has 0 aliphatic carbocycles. The molecular formula is C15H23N3O3. The van der Waals surface area contributed by atoms with Gasteiger partial charge in [0.1, 0.15) is 11.7 Å². The third-order valence-corrected chi connectivity index (χ3v) is 3.15. The molecule has 0 spiro atoms. The molecule has 1 aromatic heterocycles. The molecule has 116 valence electrons. The number of likely N-dealkylation sites (tertiary alicyclic amines) is 1. The molecule has 1 aromatic rings. The SMILES string of the molecule is Cc1cnnc(OC2CCN(C(=O)OC(C)(C)C)CC2)c1. The summed E-state index contributed by atoms with van der Waals surface area (Å²) in [6, 6.07) is 1.87. The van der Waals surface area contributed by atoms with Crippen LogP contribution in [0.2, 0.25) is 0 Å². The van der Waals surface area contributed by atoms with Gasteiger partial charge in [-0.3, -0.25) is 0 Å². The summed E-state index contributed by atoms with van der Waals surface area (Å²) < 4.78 is 11.2. The lowest BCUT2D eigenvalue weighted by Gasteiger charge is -2.33. The van der Waals surface area contributed by atoms with E-state index in [0.29, 0.717) is 19.0 Å². The van der Waals surface area contributed by atoms with Crippen LogP contribution in [0.4, 0.5) is 4.79 Å². The molecule has 21 heavy (non-hydrogen) atoms. The van der Waals surface area contributed by atoms with Gasteiger partial charge in [0.2, 0.25) is 5.88 Å². The molecule has 2 rings (SSSR count).